The van der Waals surface area contributed by atoms with E-state index < -0.39 is 28.7 Å². The first-order valence-electron chi connectivity index (χ1n) is 6.67. The lowest BCUT2D eigenvalue weighted by molar-refractivity contribution is -0.137. The molecule has 0 atom stereocenters. The molecule has 1 aliphatic rings. The van der Waals surface area contributed by atoms with Gasteiger partial charge in [-0.3, -0.25) is 4.79 Å². The molecule has 3 N–H and O–H groups in total. The maximum atomic E-state index is 13.0. The first-order valence-corrected chi connectivity index (χ1v) is 7.05. The van der Waals surface area contributed by atoms with Gasteiger partial charge in [0, 0.05) is 6.54 Å². The van der Waals surface area contributed by atoms with Gasteiger partial charge in [-0.25, -0.2) is 0 Å². The highest BCUT2D eigenvalue weighted by atomic mass is 35.5. The van der Waals surface area contributed by atoms with Gasteiger partial charge in [0.2, 0.25) is 5.91 Å². The van der Waals surface area contributed by atoms with E-state index in [1.807, 2.05) is 0 Å². The first kappa shape index (κ1) is 16.1. The van der Waals surface area contributed by atoms with E-state index in [4.69, 9.17) is 17.3 Å². The van der Waals surface area contributed by atoms with E-state index in [2.05, 4.69) is 5.32 Å². The quantitative estimate of drug-likeness (QED) is 0.889. The molecule has 0 aromatic heterocycles. The maximum Gasteiger partial charge on any atom is 0.418 e. The Morgan fingerprint density at radius 3 is 2.48 bits per heavy atom. The molecule has 2 rings (SSSR count). The van der Waals surface area contributed by atoms with E-state index in [9.17, 15) is 18.0 Å². The second kappa shape index (κ2) is 5.85. The Balaban J connectivity index is 2.33. The van der Waals surface area contributed by atoms with Crippen LogP contribution in [0.2, 0.25) is 5.02 Å². The van der Waals surface area contributed by atoms with Gasteiger partial charge in [0.25, 0.3) is 0 Å². The van der Waals surface area contributed by atoms with Crippen molar-refractivity contribution in [3.8, 4) is 0 Å². The van der Waals surface area contributed by atoms with Gasteiger partial charge >= 0.3 is 6.18 Å². The number of hydrogen-bond donors (Lipinski definition) is 2. The maximum absolute atomic E-state index is 13.0. The molecule has 116 valence electrons. The number of halogens is 4. The van der Waals surface area contributed by atoms with Crippen LogP contribution in [0.3, 0.4) is 0 Å². The third kappa shape index (κ3) is 3.16. The molecule has 21 heavy (non-hydrogen) atoms. The Morgan fingerprint density at radius 2 is 1.95 bits per heavy atom. The van der Waals surface area contributed by atoms with Crippen molar-refractivity contribution in [1.29, 1.82) is 0 Å². The molecule has 1 amide bonds. The molecule has 1 aromatic rings. The number of carbonyl (C=O) groups excluding carboxylic acids is 1. The Labute approximate surface area is 125 Å². The minimum absolute atomic E-state index is 0.116. The van der Waals surface area contributed by atoms with E-state index in [0.717, 1.165) is 18.9 Å². The number of nitrogens with two attached hydrogens (primary N) is 1. The predicted octanol–water partition coefficient (Wildman–Crippen LogP) is 3.82. The van der Waals surface area contributed by atoms with Crippen molar-refractivity contribution >= 4 is 23.2 Å². The fourth-order valence-corrected chi connectivity index (χ4v) is 2.93. The lowest BCUT2D eigenvalue weighted by Gasteiger charge is -2.27. The highest BCUT2D eigenvalue weighted by Crippen LogP contribution is 2.42. The largest absolute Gasteiger partial charge is 0.418 e. The van der Waals surface area contributed by atoms with Gasteiger partial charge in [-0.15, -0.1) is 0 Å². The fourth-order valence-electron chi connectivity index (χ4n) is 2.71. The van der Waals surface area contributed by atoms with Crippen LogP contribution in [-0.4, -0.2) is 12.5 Å². The molecule has 7 heteroatoms. The monoisotopic (exact) mass is 320 g/mol. The van der Waals surface area contributed by atoms with Crippen LogP contribution in [-0.2, 0) is 11.0 Å². The SMILES string of the molecule is NCC1(C(=O)Nc2c(Cl)cccc2C(F)(F)F)CCCC1. The minimum Gasteiger partial charge on any atom is -0.329 e. The summed E-state index contributed by atoms with van der Waals surface area (Å²) in [6.07, 6.45) is -1.72. The van der Waals surface area contributed by atoms with E-state index >= 15 is 0 Å². The van der Waals surface area contributed by atoms with E-state index in [1.54, 1.807) is 0 Å². The highest BCUT2D eigenvalue weighted by Gasteiger charge is 2.41. The summed E-state index contributed by atoms with van der Waals surface area (Å²) < 4.78 is 39.0. The van der Waals surface area contributed by atoms with Gasteiger partial charge < -0.3 is 11.1 Å². The second-order valence-corrected chi connectivity index (χ2v) is 5.71. The number of para-hydroxylation sites is 1. The van der Waals surface area contributed by atoms with Gasteiger partial charge in [-0.05, 0) is 25.0 Å². The van der Waals surface area contributed by atoms with Crippen LogP contribution in [0, 0.1) is 5.41 Å². The summed E-state index contributed by atoms with van der Waals surface area (Å²) in [7, 11) is 0. The number of hydrogen-bond acceptors (Lipinski definition) is 2. The minimum atomic E-state index is -4.58. The third-order valence-electron chi connectivity index (χ3n) is 3.99. The smallest absolute Gasteiger partial charge is 0.329 e. The zero-order chi connectivity index (χ0) is 15.7. The third-order valence-corrected chi connectivity index (χ3v) is 4.31. The topological polar surface area (TPSA) is 55.1 Å². The van der Waals surface area contributed by atoms with E-state index in [1.165, 1.54) is 12.1 Å². The first-order chi connectivity index (χ1) is 9.80. The van der Waals surface area contributed by atoms with Crippen LogP contribution in [0.25, 0.3) is 0 Å². The Morgan fingerprint density at radius 1 is 1.33 bits per heavy atom. The van der Waals surface area contributed by atoms with Crippen molar-refractivity contribution in [2.45, 2.75) is 31.9 Å². The lowest BCUT2D eigenvalue weighted by Crippen LogP contribution is -2.40. The van der Waals surface area contributed by atoms with E-state index in [0.29, 0.717) is 12.8 Å². The normalized spacial score (nSPS) is 17.8. The molecule has 3 nitrogen and oxygen atoms in total. The van der Waals surface area contributed by atoms with Gasteiger partial charge in [0.1, 0.15) is 0 Å². The van der Waals surface area contributed by atoms with E-state index in [-0.39, 0.29) is 11.6 Å². The van der Waals surface area contributed by atoms with Crippen molar-refractivity contribution in [1.82, 2.24) is 0 Å². The number of nitrogens with one attached hydrogen (secondary N) is 1. The van der Waals surface area contributed by atoms with Crippen molar-refractivity contribution in [2.24, 2.45) is 11.1 Å². The number of benzene rings is 1. The number of rotatable bonds is 3. The number of alkyl halides is 3. The molecular weight excluding hydrogens is 305 g/mol. The summed E-state index contributed by atoms with van der Waals surface area (Å²) >= 11 is 5.83. The van der Waals surface area contributed by atoms with Crippen molar-refractivity contribution in [3.63, 3.8) is 0 Å². The summed E-state index contributed by atoms with van der Waals surface area (Å²) in [5.74, 6) is -0.485. The van der Waals surface area contributed by atoms with Gasteiger partial charge in [-0.2, -0.15) is 13.2 Å². The van der Waals surface area contributed by atoms with Crippen molar-refractivity contribution in [3.05, 3.63) is 28.8 Å². The van der Waals surface area contributed by atoms with Crippen LogP contribution < -0.4 is 11.1 Å². The Kier molecular flexibility index (Phi) is 4.49. The predicted molar refractivity (Wildman–Crippen MR) is 75.0 cm³/mol. The van der Waals surface area contributed by atoms with Crippen LogP contribution in [0.15, 0.2) is 18.2 Å². The van der Waals surface area contributed by atoms with Gasteiger partial charge in [0.15, 0.2) is 0 Å². The molecular formula is C14H16ClF3N2O. The summed E-state index contributed by atoms with van der Waals surface area (Å²) in [6.45, 7) is 0.116. The second-order valence-electron chi connectivity index (χ2n) is 5.31. The molecule has 0 bridgehead atoms. The molecule has 0 radical (unpaired) electrons. The van der Waals surface area contributed by atoms with Crippen LogP contribution >= 0.6 is 11.6 Å². The summed E-state index contributed by atoms with van der Waals surface area (Å²) in [4.78, 5) is 12.4. The fraction of sp³-hybridized carbons (Fsp3) is 0.500. The Hall–Kier alpha value is -1.27. The summed E-state index contributed by atoms with van der Waals surface area (Å²) in [6, 6.07) is 3.41. The zero-order valence-electron chi connectivity index (χ0n) is 11.3. The number of amides is 1. The molecule has 1 aliphatic carbocycles. The Bertz CT molecular complexity index is 540. The molecule has 1 saturated carbocycles. The molecule has 1 aromatic carbocycles. The van der Waals surface area contributed by atoms with Gasteiger partial charge in [0.05, 0.1) is 21.7 Å². The van der Waals surface area contributed by atoms with Crippen LogP contribution in [0.4, 0.5) is 18.9 Å². The van der Waals surface area contributed by atoms with Crippen LogP contribution in [0.1, 0.15) is 31.2 Å². The van der Waals surface area contributed by atoms with Gasteiger partial charge in [-0.1, -0.05) is 30.5 Å². The molecule has 0 spiro atoms. The zero-order valence-corrected chi connectivity index (χ0v) is 12.0. The molecule has 0 heterocycles. The standard InChI is InChI=1S/C14H16ClF3N2O/c15-10-5-3-4-9(14(16,17)18)11(10)20-12(21)13(8-19)6-1-2-7-13/h3-5H,1-2,6-8,19H2,(H,20,21). The lowest BCUT2D eigenvalue weighted by atomic mass is 9.85. The molecule has 0 saturated heterocycles. The summed E-state index contributed by atoms with van der Waals surface area (Å²) in [5, 5.41) is 2.21. The average molecular weight is 321 g/mol. The van der Waals surface area contributed by atoms with Crippen molar-refractivity contribution in [2.75, 3.05) is 11.9 Å². The van der Waals surface area contributed by atoms with Crippen LogP contribution in [0.5, 0.6) is 0 Å². The van der Waals surface area contributed by atoms with Crippen molar-refractivity contribution < 1.29 is 18.0 Å². The number of anilines is 1. The summed E-state index contributed by atoms with van der Waals surface area (Å²) in [5.41, 5.74) is 3.54. The highest BCUT2D eigenvalue weighted by molar-refractivity contribution is 6.34. The molecule has 1 fully saturated rings. The average Bonchev–Trinajstić information content (AvgIpc) is 2.89. The number of carbonyl (C=O) groups is 1. The molecule has 0 unspecified atom stereocenters. The molecule has 0 aliphatic heterocycles.